The van der Waals surface area contributed by atoms with Crippen LogP contribution in [0.25, 0.3) is 0 Å². The zero-order valence-electron chi connectivity index (χ0n) is 29.6. The fraction of sp³-hybridized carbons (Fsp3) is 0.861. The Morgan fingerprint density at radius 2 is 0.870 bits per heavy atom. The topological polar surface area (TPSA) is 173 Å². The minimum Gasteiger partial charge on any atom is -0.516 e. The number of carbonyl (C=O) groups is 3. The van der Waals surface area contributed by atoms with Gasteiger partial charge in [-0.1, -0.05) is 135 Å². The van der Waals surface area contributed by atoms with E-state index in [2.05, 4.69) is 13.8 Å². The molecule has 0 bridgehead atoms. The minimum atomic E-state index is -0.840. The molecule has 0 amide bonds. The Bertz CT molecular complexity index is 627. The predicted molar refractivity (Wildman–Crippen MR) is 193 cm³/mol. The van der Waals surface area contributed by atoms with Gasteiger partial charge in [-0.25, -0.2) is 0 Å². The fourth-order valence-corrected chi connectivity index (χ4v) is 4.85. The van der Waals surface area contributed by atoms with Crippen LogP contribution in [-0.2, 0) is 14.4 Å². The van der Waals surface area contributed by atoms with Crippen LogP contribution in [-0.4, -0.2) is 72.8 Å². The van der Waals surface area contributed by atoms with Crippen LogP contribution in [0, 0.1) is 0 Å². The number of aliphatic hydroxyl groups excluding tert-OH is 3. The van der Waals surface area contributed by atoms with Gasteiger partial charge in [-0.3, -0.25) is 14.4 Å². The lowest BCUT2D eigenvalue weighted by molar-refractivity contribution is -0.138. The van der Waals surface area contributed by atoms with Gasteiger partial charge in [0.2, 0.25) is 0 Å². The molecule has 0 fully saturated rings. The summed E-state index contributed by atoms with van der Waals surface area (Å²) in [4.78, 5) is 30.3. The average molecular weight is 681 g/mol. The maximum atomic E-state index is 10.3. The zero-order chi connectivity index (χ0) is 35.5. The van der Waals surface area contributed by atoms with Crippen molar-refractivity contribution in [1.29, 1.82) is 0 Å². The van der Waals surface area contributed by atoms with Crippen molar-refractivity contribution >= 4 is 29.7 Å². The molecule has 0 saturated carbocycles. The number of rotatable bonds is 29. The van der Waals surface area contributed by atoms with E-state index in [1.54, 1.807) is 0 Å². The molecule has 46 heavy (non-hydrogen) atoms. The summed E-state index contributed by atoms with van der Waals surface area (Å²) in [7, 11) is 0. The van der Waals surface area contributed by atoms with Crippen LogP contribution in [0.1, 0.15) is 175 Å². The van der Waals surface area contributed by atoms with Crippen LogP contribution in [0.5, 0.6) is 0 Å². The molecule has 0 aliphatic rings. The highest BCUT2D eigenvalue weighted by atomic mass is 32.2. The molecule has 0 spiro atoms. The van der Waals surface area contributed by atoms with Crippen LogP contribution in [0.3, 0.4) is 0 Å². The highest BCUT2D eigenvalue weighted by Gasteiger charge is 1.99. The van der Waals surface area contributed by atoms with E-state index in [4.69, 9.17) is 30.6 Å². The Kier molecular flexibility index (Phi) is 52.9. The molecule has 0 saturated heterocycles. The molecule has 276 valence electrons. The van der Waals surface area contributed by atoms with Crippen molar-refractivity contribution in [3.8, 4) is 0 Å². The standard InChI is InChI=1S/C18H36O2.C9H18O.C6H10O4S.C3H8O2/c1-2-3-4-5-6-7-8-9-10-11-12-13-14-15-16-17-18(19)20;1-2-3-4-5-6-7-8-9-10;7-5(8)1-3-11-4-2-6(9)10;1-3(5)2-4/h2-17H2,1H3,(H,19,20);8-10H,2-7H2,1H3;1-4H2,(H,7,8)(H,9,10);3-5H,2H2,1H3. The van der Waals surface area contributed by atoms with Crippen molar-refractivity contribution in [2.45, 2.75) is 181 Å². The Morgan fingerprint density at radius 3 is 1.15 bits per heavy atom. The Morgan fingerprint density at radius 1 is 0.565 bits per heavy atom. The summed E-state index contributed by atoms with van der Waals surface area (Å²) >= 11 is 1.35. The molecule has 9 nitrogen and oxygen atoms in total. The summed E-state index contributed by atoms with van der Waals surface area (Å²) in [6.45, 7) is 5.87. The first-order chi connectivity index (χ1) is 22.1. The molecule has 0 aliphatic carbocycles. The first kappa shape index (κ1) is 51.1. The molecule has 0 radical (unpaired) electrons. The van der Waals surface area contributed by atoms with Gasteiger partial charge in [0, 0.05) is 17.9 Å². The van der Waals surface area contributed by atoms with Crippen molar-refractivity contribution in [3.63, 3.8) is 0 Å². The third-order valence-corrected chi connectivity index (χ3v) is 7.74. The first-order valence-electron chi connectivity index (χ1n) is 17.9. The summed E-state index contributed by atoms with van der Waals surface area (Å²) in [6, 6.07) is 0. The maximum absolute atomic E-state index is 10.3. The van der Waals surface area contributed by atoms with Gasteiger partial charge < -0.3 is 30.6 Å². The first-order valence-corrected chi connectivity index (χ1v) is 19.0. The number of thioether (sulfide) groups is 1. The lowest BCUT2D eigenvalue weighted by Crippen LogP contribution is -2.03. The number of aliphatic carboxylic acids is 3. The van der Waals surface area contributed by atoms with E-state index in [0.717, 1.165) is 25.5 Å². The summed E-state index contributed by atoms with van der Waals surface area (Å²) in [6.07, 6.45) is 30.3. The summed E-state index contributed by atoms with van der Waals surface area (Å²) in [5, 5.41) is 49.2. The van der Waals surface area contributed by atoms with E-state index < -0.39 is 24.0 Å². The molecule has 0 aromatic heterocycles. The summed E-state index contributed by atoms with van der Waals surface area (Å²) in [5.74, 6) is -1.36. The third kappa shape index (κ3) is 69.1. The summed E-state index contributed by atoms with van der Waals surface area (Å²) in [5.41, 5.74) is 0. The van der Waals surface area contributed by atoms with E-state index in [0.29, 0.717) is 17.9 Å². The second kappa shape index (κ2) is 47.6. The van der Waals surface area contributed by atoms with Gasteiger partial charge in [0.05, 0.1) is 31.8 Å². The van der Waals surface area contributed by atoms with E-state index in [9.17, 15) is 14.4 Å². The van der Waals surface area contributed by atoms with E-state index in [1.165, 1.54) is 134 Å². The quantitative estimate of drug-likeness (QED) is 0.0330. The van der Waals surface area contributed by atoms with Gasteiger partial charge in [0.1, 0.15) is 0 Å². The number of hydrogen-bond donors (Lipinski definition) is 6. The van der Waals surface area contributed by atoms with E-state index >= 15 is 0 Å². The van der Waals surface area contributed by atoms with Gasteiger partial charge in [0.25, 0.3) is 0 Å². The largest absolute Gasteiger partial charge is 0.516 e. The van der Waals surface area contributed by atoms with Gasteiger partial charge in [-0.15, -0.1) is 0 Å². The van der Waals surface area contributed by atoms with Crippen molar-refractivity contribution < 1.29 is 45.0 Å². The van der Waals surface area contributed by atoms with Crippen molar-refractivity contribution in [2.75, 3.05) is 18.1 Å². The number of hydrogen-bond acceptors (Lipinski definition) is 7. The lowest BCUT2D eigenvalue weighted by Gasteiger charge is -2.03. The molecule has 0 aromatic carbocycles. The second-order valence-electron chi connectivity index (χ2n) is 11.6. The van der Waals surface area contributed by atoms with Gasteiger partial charge in [0.15, 0.2) is 0 Å². The summed E-state index contributed by atoms with van der Waals surface area (Å²) < 4.78 is 0. The van der Waals surface area contributed by atoms with Crippen LogP contribution >= 0.6 is 11.8 Å². The van der Waals surface area contributed by atoms with Crippen LogP contribution in [0.2, 0.25) is 0 Å². The highest BCUT2D eigenvalue weighted by Crippen LogP contribution is 2.13. The zero-order valence-corrected chi connectivity index (χ0v) is 30.5. The molecule has 6 N–H and O–H groups in total. The third-order valence-electron chi connectivity index (χ3n) is 6.76. The Balaban J connectivity index is -0.000000286. The van der Waals surface area contributed by atoms with Gasteiger partial charge >= 0.3 is 17.9 Å². The number of carboxylic acids is 3. The number of aliphatic hydroxyl groups is 3. The molecule has 1 atom stereocenters. The lowest BCUT2D eigenvalue weighted by atomic mass is 10.0. The number of allylic oxidation sites excluding steroid dienone is 1. The average Bonchev–Trinajstić information content (AvgIpc) is 3.01. The van der Waals surface area contributed by atoms with E-state index in [-0.39, 0.29) is 19.4 Å². The predicted octanol–water partition coefficient (Wildman–Crippen LogP) is 9.78. The minimum absolute atomic E-state index is 0.101. The molecule has 1 unspecified atom stereocenters. The smallest absolute Gasteiger partial charge is 0.304 e. The molecular formula is C36H72O9S. The SMILES string of the molecule is CC(O)CO.CCCCCCCC=CO.CCCCCCCCCCCCCCCCCC(=O)O.O=C(O)CCSCCC(=O)O. The molecule has 0 rings (SSSR count). The Labute approximate surface area is 285 Å². The molecule has 0 heterocycles. The van der Waals surface area contributed by atoms with Gasteiger partial charge in [-0.05, 0) is 26.2 Å². The second-order valence-corrected chi connectivity index (χ2v) is 12.8. The normalized spacial score (nSPS) is 11.0. The van der Waals surface area contributed by atoms with E-state index in [1.807, 2.05) is 6.08 Å². The van der Waals surface area contributed by atoms with Crippen molar-refractivity contribution in [1.82, 2.24) is 0 Å². The highest BCUT2D eigenvalue weighted by molar-refractivity contribution is 7.99. The van der Waals surface area contributed by atoms with Crippen molar-refractivity contribution in [2.24, 2.45) is 0 Å². The fourth-order valence-electron chi connectivity index (χ4n) is 4.01. The molecule has 0 aromatic rings. The molecule has 0 aliphatic heterocycles. The molecule has 10 heteroatoms. The number of carboxylic acid groups (broad SMARTS) is 3. The Hall–Kier alpha value is -1.78. The maximum Gasteiger partial charge on any atom is 0.304 e. The van der Waals surface area contributed by atoms with Gasteiger partial charge in [-0.2, -0.15) is 11.8 Å². The van der Waals surface area contributed by atoms with Crippen LogP contribution in [0.15, 0.2) is 12.3 Å². The number of unbranched alkanes of at least 4 members (excludes halogenated alkanes) is 19. The van der Waals surface area contributed by atoms with Crippen molar-refractivity contribution in [3.05, 3.63) is 12.3 Å². The van der Waals surface area contributed by atoms with Crippen LogP contribution < -0.4 is 0 Å². The van der Waals surface area contributed by atoms with Crippen LogP contribution in [0.4, 0.5) is 0 Å². The molecular weight excluding hydrogens is 608 g/mol. The monoisotopic (exact) mass is 680 g/mol.